The molecular weight excluding hydrogens is 334 g/mol. The van der Waals surface area contributed by atoms with Crippen molar-refractivity contribution in [1.29, 1.82) is 0 Å². The fraction of sp³-hybridized carbons (Fsp3) is 0.278. The molecule has 26 heavy (non-hydrogen) atoms. The monoisotopic (exact) mass is 353 g/mol. The Bertz CT molecular complexity index is 930. The van der Waals surface area contributed by atoms with Crippen LogP contribution in [0.25, 0.3) is 10.9 Å². The van der Waals surface area contributed by atoms with E-state index in [0.29, 0.717) is 18.2 Å². The lowest BCUT2D eigenvalue weighted by molar-refractivity contribution is -0.115. The molecule has 2 N–H and O–H groups in total. The number of carbonyl (C=O) groups is 2. The van der Waals surface area contributed by atoms with Crippen molar-refractivity contribution >= 4 is 28.4 Å². The zero-order valence-electron chi connectivity index (χ0n) is 14.5. The van der Waals surface area contributed by atoms with E-state index in [1.165, 1.54) is 0 Å². The van der Waals surface area contributed by atoms with Crippen LogP contribution in [0.2, 0.25) is 0 Å². The number of hydrogen-bond acceptors (Lipinski definition) is 6. The number of anilines is 1. The molecule has 1 aromatic carbocycles. The minimum absolute atomic E-state index is 0.0996. The van der Waals surface area contributed by atoms with E-state index in [1.54, 1.807) is 18.3 Å². The number of benzene rings is 1. The maximum Gasteiger partial charge on any atom is 0.315 e. The van der Waals surface area contributed by atoms with Gasteiger partial charge in [0.05, 0.1) is 17.6 Å². The lowest BCUT2D eigenvalue weighted by Crippen LogP contribution is -2.27. The molecule has 8 heteroatoms. The molecule has 0 fully saturated rings. The van der Waals surface area contributed by atoms with Crippen molar-refractivity contribution in [3.63, 3.8) is 0 Å². The van der Waals surface area contributed by atoms with Gasteiger partial charge in [0.15, 0.2) is 5.82 Å². The summed E-state index contributed by atoms with van der Waals surface area (Å²) in [4.78, 5) is 32.4. The third kappa shape index (κ3) is 4.21. The highest BCUT2D eigenvalue weighted by molar-refractivity contribution is 6.01. The molecule has 3 rings (SSSR count). The van der Waals surface area contributed by atoms with E-state index in [4.69, 9.17) is 4.52 Å². The van der Waals surface area contributed by atoms with Crippen LogP contribution < -0.4 is 10.6 Å². The average molecular weight is 353 g/mol. The number of nitrogens with one attached hydrogen (secondary N) is 2. The summed E-state index contributed by atoms with van der Waals surface area (Å²) in [6.07, 6.45) is 1.59. The molecule has 134 valence electrons. The van der Waals surface area contributed by atoms with Gasteiger partial charge < -0.3 is 15.2 Å². The molecule has 0 spiro atoms. The van der Waals surface area contributed by atoms with Crippen molar-refractivity contribution < 1.29 is 14.1 Å². The van der Waals surface area contributed by atoms with Gasteiger partial charge in [0.25, 0.3) is 0 Å². The first kappa shape index (κ1) is 17.5. The lowest BCUT2D eigenvalue weighted by atomic mass is 10.2. The first-order valence-electron chi connectivity index (χ1n) is 8.27. The number of hydrogen-bond donors (Lipinski definition) is 2. The summed E-state index contributed by atoms with van der Waals surface area (Å²) in [5.74, 6) is -0.449. The molecule has 2 heterocycles. The molecule has 2 amide bonds. The molecule has 0 atom stereocenters. The van der Waals surface area contributed by atoms with Crippen LogP contribution in [0.3, 0.4) is 0 Å². The van der Waals surface area contributed by atoms with Gasteiger partial charge in [-0.25, -0.2) is 0 Å². The SMILES string of the molecule is CC(C)CNC(=O)c1nc(CC(=O)Nc2cccc3ncccc23)no1. The molecule has 0 saturated heterocycles. The fourth-order valence-electron chi connectivity index (χ4n) is 2.34. The molecule has 0 unspecified atom stereocenters. The number of fused-ring (bicyclic) bond motifs is 1. The number of amides is 2. The summed E-state index contributed by atoms with van der Waals surface area (Å²) in [5, 5.41) is 10.0. The van der Waals surface area contributed by atoms with Gasteiger partial charge in [0.2, 0.25) is 5.91 Å². The second-order valence-corrected chi connectivity index (χ2v) is 6.22. The zero-order valence-corrected chi connectivity index (χ0v) is 14.5. The average Bonchev–Trinajstić information content (AvgIpc) is 3.08. The van der Waals surface area contributed by atoms with Crippen LogP contribution in [-0.4, -0.2) is 33.5 Å². The fourth-order valence-corrected chi connectivity index (χ4v) is 2.34. The predicted molar refractivity (Wildman–Crippen MR) is 95.5 cm³/mol. The largest absolute Gasteiger partial charge is 0.348 e. The molecular formula is C18H19N5O3. The lowest BCUT2D eigenvalue weighted by Gasteiger charge is -2.07. The molecule has 0 bridgehead atoms. The van der Waals surface area contributed by atoms with Gasteiger partial charge in [0.1, 0.15) is 0 Å². The first-order chi connectivity index (χ1) is 12.5. The van der Waals surface area contributed by atoms with Gasteiger partial charge >= 0.3 is 11.8 Å². The Kier molecular flexibility index (Phi) is 5.21. The Hall–Kier alpha value is -3.29. The first-order valence-corrected chi connectivity index (χ1v) is 8.27. The Balaban J connectivity index is 1.64. The minimum Gasteiger partial charge on any atom is -0.348 e. The summed E-state index contributed by atoms with van der Waals surface area (Å²) in [7, 11) is 0. The Labute approximate surface area is 150 Å². The summed E-state index contributed by atoms with van der Waals surface area (Å²) < 4.78 is 4.92. The van der Waals surface area contributed by atoms with Crippen LogP contribution >= 0.6 is 0 Å². The Morgan fingerprint density at radius 3 is 2.85 bits per heavy atom. The molecule has 0 aliphatic heterocycles. The Morgan fingerprint density at radius 2 is 2.04 bits per heavy atom. The smallest absolute Gasteiger partial charge is 0.315 e. The third-order valence-electron chi connectivity index (χ3n) is 3.57. The second-order valence-electron chi connectivity index (χ2n) is 6.22. The zero-order chi connectivity index (χ0) is 18.5. The summed E-state index contributed by atoms with van der Waals surface area (Å²) in [6.45, 7) is 4.46. The van der Waals surface area contributed by atoms with E-state index >= 15 is 0 Å². The van der Waals surface area contributed by atoms with E-state index in [2.05, 4.69) is 25.8 Å². The van der Waals surface area contributed by atoms with Crippen molar-refractivity contribution in [3.05, 3.63) is 48.2 Å². The predicted octanol–water partition coefficient (Wildman–Crippen LogP) is 2.18. The van der Waals surface area contributed by atoms with Crippen LogP contribution in [0, 0.1) is 5.92 Å². The highest BCUT2D eigenvalue weighted by Crippen LogP contribution is 2.21. The number of carbonyl (C=O) groups excluding carboxylic acids is 2. The van der Waals surface area contributed by atoms with Crippen molar-refractivity contribution in [1.82, 2.24) is 20.4 Å². The third-order valence-corrected chi connectivity index (χ3v) is 3.57. The standard InChI is InChI=1S/C18H19N5O3/c1-11(2)10-20-17(25)18-22-15(23-26-18)9-16(24)21-14-7-3-6-13-12(14)5-4-8-19-13/h3-8,11H,9-10H2,1-2H3,(H,20,25)(H,21,24). The molecule has 2 aromatic heterocycles. The molecule has 0 aliphatic carbocycles. The van der Waals surface area contributed by atoms with E-state index < -0.39 is 5.91 Å². The van der Waals surface area contributed by atoms with Gasteiger partial charge in [-0.05, 0) is 30.2 Å². The van der Waals surface area contributed by atoms with Crippen LogP contribution in [0.5, 0.6) is 0 Å². The van der Waals surface area contributed by atoms with E-state index in [-0.39, 0.29) is 24.0 Å². The number of aromatic nitrogens is 3. The molecule has 0 radical (unpaired) electrons. The van der Waals surface area contributed by atoms with Crippen LogP contribution in [0.1, 0.15) is 30.4 Å². The number of rotatable bonds is 6. The second kappa shape index (κ2) is 7.73. The normalized spacial score (nSPS) is 10.9. The van der Waals surface area contributed by atoms with Crippen molar-refractivity contribution in [2.45, 2.75) is 20.3 Å². The van der Waals surface area contributed by atoms with Crippen molar-refractivity contribution in [2.75, 3.05) is 11.9 Å². The topological polar surface area (TPSA) is 110 Å². The van der Waals surface area contributed by atoms with Gasteiger partial charge in [0, 0.05) is 18.1 Å². The van der Waals surface area contributed by atoms with Gasteiger partial charge in [-0.3, -0.25) is 14.6 Å². The highest BCUT2D eigenvalue weighted by atomic mass is 16.5. The van der Waals surface area contributed by atoms with Crippen LogP contribution in [-0.2, 0) is 11.2 Å². The summed E-state index contributed by atoms with van der Waals surface area (Å²) >= 11 is 0. The summed E-state index contributed by atoms with van der Waals surface area (Å²) in [5.41, 5.74) is 1.44. The molecule has 0 aliphatic rings. The molecule has 0 saturated carbocycles. The highest BCUT2D eigenvalue weighted by Gasteiger charge is 2.17. The maximum absolute atomic E-state index is 12.3. The van der Waals surface area contributed by atoms with E-state index in [9.17, 15) is 9.59 Å². The molecule has 3 aromatic rings. The van der Waals surface area contributed by atoms with Gasteiger partial charge in [-0.2, -0.15) is 4.98 Å². The van der Waals surface area contributed by atoms with Crippen LogP contribution in [0.15, 0.2) is 41.1 Å². The summed E-state index contributed by atoms with van der Waals surface area (Å²) in [6, 6.07) is 9.16. The van der Waals surface area contributed by atoms with Gasteiger partial charge in [-0.15, -0.1) is 0 Å². The quantitative estimate of drug-likeness (QED) is 0.703. The Morgan fingerprint density at radius 1 is 1.19 bits per heavy atom. The minimum atomic E-state index is -0.446. The number of pyridine rings is 1. The van der Waals surface area contributed by atoms with Crippen molar-refractivity contribution in [3.8, 4) is 0 Å². The molecule has 8 nitrogen and oxygen atoms in total. The van der Waals surface area contributed by atoms with Crippen LogP contribution in [0.4, 0.5) is 5.69 Å². The number of nitrogens with zero attached hydrogens (tertiary/aromatic N) is 3. The van der Waals surface area contributed by atoms with Gasteiger partial charge in [-0.1, -0.05) is 25.1 Å². The van der Waals surface area contributed by atoms with Crippen molar-refractivity contribution in [2.24, 2.45) is 5.92 Å². The maximum atomic E-state index is 12.3. The van der Waals surface area contributed by atoms with E-state index in [1.807, 2.05) is 32.0 Å². The van der Waals surface area contributed by atoms with E-state index in [0.717, 1.165) is 10.9 Å².